The van der Waals surface area contributed by atoms with Crippen LogP contribution in [0.3, 0.4) is 0 Å². The molecule has 1 N–H and O–H groups in total. The van der Waals surface area contributed by atoms with E-state index in [4.69, 9.17) is 18.9 Å². The maximum absolute atomic E-state index is 12.8. The first-order valence-corrected chi connectivity index (χ1v) is 13.8. The van der Waals surface area contributed by atoms with Crippen LogP contribution in [0.15, 0.2) is 24.3 Å². The maximum atomic E-state index is 12.8. The van der Waals surface area contributed by atoms with Crippen molar-refractivity contribution >= 4 is 29.8 Å². The van der Waals surface area contributed by atoms with E-state index in [0.717, 1.165) is 51.4 Å². The molecular formula is C29H45NO9. The van der Waals surface area contributed by atoms with Crippen molar-refractivity contribution in [2.75, 3.05) is 6.61 Å². The summed E-state index contributed by atoms with van der Waals surface area (Å²) in [5, 5.41) is 2.48. The molecule has 0 aromatic carbocycles. The Kier molecular flexibility index (Phi) is 15.8. The van der Waals surface area contributed by atoms with Crippen molar-refractivity contribution in [3.8, 4) is 0 Å². The Morgan fingerprint density at radius 1 is 0.923 bits per heavy atom. The third kappa shape index (κ3) is 13.0. The van der Waals surface area contributed by atoms with E-state index in [-0.39, 0.29) is 18.5 Å². The summed E-state index contributed by atoms with van der Waals surface area (Å²) in [4.78, 5) is 59.2. The molecule has 1 heterocycles. The van der Waals surface area contributed by atoms with Crippen LogP contribution in [-0.4, -0.2) is 60.2 Å². The minimum atomic E-state index is -1.81. The molecule has 10 heteroatoms. The van der Waals surface area contributed by atoms with Crippen molar-refractivity contribution < 1.29 is 42.9 Å². The molecule has 220 valence electrons. The van der Waals surface area contributed by atoms with Crippen molar-refractivity contribution in [2.24, 2.45) is 0 Å². The number of rotatable bonds is 18. The van der Waals surface area contributed by atoms with Crippen molar-refractivity contribution in [3.05, 3.63) is 24.3 Å². The lowest BCUT2D eigenvalue weighted by molar-refractivity contribution is -0.159. The quantitative estimate of drug-likeness (QED) is 0.115. The van der Waals surface area contributed by atoms with Crippen molar-refractivity contribution in [1.29, 1.82) is 0 Å². The molecular weight excluding hydrogens is 506 g/mol. The van der Waals surface area contributed by atoms with E-state index < -0.39 is 48.2 Å². The van der Waals surface area contributed by atoms with E-state index in [0.29, 0.717) is 0 Å². The van der Waals surface area contributed by atoms with E-state index in [1.54, 1.807) is 0 Å². The van der Waals surface area contributed by atoms with Crippen LogP contribution in [0.4, 0.5) is 0 Å². The van der Waals surface area contributed by atoms with Gasteiger partial charge in [-0.05, 0) is 44.6 Å². The zero-order chi connectivity index (χ0) is 29.3. The molecule has 1 amide bonds. The molecule has 0 aliphatic carbocycles. The van der Waals surface area contributed by atoms with Gasteiger partial charge in [-0.15, -0.1) is 0 Å². The molecule has 1 aliphatic heterocycles. The number of nitrogens with one attached hydrogen (secondary N) is 1. The summed E-state index contributed by atoms with van der Waals surface area (Å²) in [5.74, 6) is -2.96. The first-order valence-electron chi connectivity index (χ1n) is 13.8. The second-order valence-corrected chi connectivity index (χ2v) is 9.82. The van der Waals surface area contributed by atoms with Crippen molar-refractivity contribution in [1.82, 2.24) is 5.32 Å². The van der Waals surface area contributed by atoms with Gasteiger partial charge in [0.2, 0.25) is 11.4 Å². The first-order chi connectivity index (χ1) is 18.5. The molecule has 0 spiro atoms. The molecule has 0 unspecified atom stereocenters. The maximum Gasteiger partial charge on any atom is 0.340 e. The van der Waals surface area contributed by atoms with Gasteiger partial charge in [-0.2, -0.15) is 0 Å². The molecule has 0 bridgehead atoms. The molecule has 4 atom stereocenters. The number of hydrogen-bond donors (Lipinski definition) is 1. The van der Waals surface area contributed by atoms with Crippen LogP contribution >= 0.6 is 0 Å². The molecule has 0 aromatic rings. The third-order valence-electron chi connectivity index (χ3n) is 6.18. The number of unbranched alkanes of at least 4 members (excludes halogenated alkanes) is 6. The summed E-state index contributed by atoms with van der Waals surface area (Å²) in [6.45, 7) is 6.65. The SMILES string of the molecule is CCCCCC[C@H](/C=C/CCCC/C=C/C[C@H]1OC(=O)[C@@](COC(C)=O)(NC(C)=O)[C@H]1OC(C)=O)OC(C)=O. The summed E-state index contributed by atoms with van der Waals surface area (Å²) in [5.41, 5.74) is -1.81. The number of esters is 4. The lowest BCUT2D eigenvalue weighted by Gasteiger charge is -2.31. The molecule has 1 saturated heterocycles. The van der Waals surface area contributed by atoms with Gasteiger partial charge in [-0.1, -0.05) is 44.4 Å². The number of amides is 1. The highest BCUT2D eigenvalue weighted by molar-refractivity contribution is 5.91. The highest BCUT2D eigenvalue weighted by Gasteiger charge is 2.61. The zero-order valence-corrected chi connectivity index (χ0v) is 24.0. The molecule has 0 saturated carbocycles. The van der Waals surface area contributed by atoms with Crippen LogP contribution in [0, 0.1) is 0 Å². The molecule has 10 nitrogen and oxygen atoms in total. The van der Waals surface area contributed by atoms with E-state index in [2.05, 4.69) is 18.3 Å². The number of ether oxygens (including phenoxy) is 4. The molecule has 1 aliphatic rings. The summed E-state index contributed by atoms with van der Waals surface area (Å²) in [6.07, 6.45) is 14.8. The molecule has 0 radical (unpaired) electrons. The van der Waals surface area contributed by atoms with E-state index in [9.17, 15) is 24.0 Å². The Hall–Kier alpha value is -3.17. The summed E-state index contributed by atoms with van der Waals surface area (Å²) < 4.78 is 21.2. The van der Waals surface area contributed by atoms with Crippen molar-refractivity contribution in [2.45, 2.75) is 123 Å². The predicted molar refractivity (Wildman–Crippen MR) is 144 cm³/mol. The summed E-state index contributed by atoms with van der Waals surface area (Å²) in [7, 11) is 0. The van der Waals surface area contributed by atoms with Crippen LogP contribution in [0.1, 0.15) is 98.8 Å². The fourth-order valence-corrected chi connectivity index (χ4v) is 4.39. The number of cyclic esters (lactones) is 1. The van der Waals surface area contributed by atoms with Crippen molar-refractivity contribution in [3.63, 3.8) is 0 Å². The number of carbonyl (C=O) groups is 5. The fraction of sp³-hybridized carbons (Fsp3) is 0.690. The lowest BCUT2D eigenvalue weighted by Crippen LogP contribution is -2.63. The molecule has 0 aromatic heterocycles. The smallest absolute Gasteiger partial charge is 0.340 e. The van der Waals surface area contributed by atoms with Gasteiger partial charge in [-0.25, -0.2) is 4.79 Å². The van der Waals surface area contributed by atoms with Crippen LogP contribution in [0.25, 0.3) is 0 Å². The zero-order valence-electron chi connectivity index (χ0n) is 24.0. The average molecular weight is 552 g/mol. The highest BCUT2D eigenvalue weighted by atomic mass is 16.6. The largest absolute Gasteiger partial charge is 0.463 e. The molecule has 1 fully saturated rings. The Morgan fingerprint density at radius 3 is 2.21 bits per heavy atom. The van der Waals surface area contributed by atoms with E-state index >= 15 is 0 Å². The fourth-order valence-electron chi connectivity index (χ4n) is 4.39. The Morgan fingerprint density at radius 2 is 1.62 bits per heavy atom. The first kappa shape index (κ1) is 33.9. The Balaban J connectivity index is 2.61. The van der Waals surface area contributed by atoms with Gasteiger partial charge in [0, 0.05) is 34.1 Å². The van der Waals surface area contributed by atoms with Crippen LogP contribution < -0.4 is 5.32 Å². The monoisotopic (exact) mass is 551 g/mol. The lowest BCUT2D eigenvalue weighted by atomic mass is 9.90. The Labute approximate surface area is 231 Å². The van der Waals surface area contributed by atoms with E-state index in [1.165, 1.54) is 34.1 Å². The second kappa shape index (κ2) is 18.2. The van der Waals surface area contributed by atoms with Gasteiger partial charge in [-0.3, -0.25) is 19.2 Å². The second-order valence-electron chi connectivity index (χ2n) is 9.82. The molecule has 1 rings (SSSR count). The summed E-state index contributed by atoms with van der Waals surface area (Å²) in [6, 6.07) is 0. The van der Waals surface area contributed by atoms with Crippen LogP contribution in [-0.2, 0) is 42.9 Å². The average Bonchev–Trinajstić information content (AvgIpc) is 3.08. The minimum Gasteiger partial charge on any atom is -0.463 e. The minimum absolute atomic E-state index is 0.177. The normalized spacial score (nSPS) is 21.5. The Bertz CT molecular complexity index is 882. The number of carbonyl (C=O) groups excluding carboxylic acids is 5. The topological polar surface area (TPSA) is 134 Å². The van der Waals surface area contributed by atoms with Gasteiger partial charge < -0.3 is 24.3 Å². The number of allylic oxidation sites excluding steroid dienone is 2. The predicted octanol–water partition coefficient (Wildman–Crippen LogP) is 4.25. The van der Waals surface area contributed by atoms with Gasteiger partial charge in [0.15, 0.2) is 6.10 Å². The van der Waals surface area contributed by atoms with E-state index in [1.807, 2.05) is 18.2 Å². The standard InChI is InChI=1S/C29H45NO9/c1-6-7-8-14-17-25(37-23(4)33)18-15-12-10-9-11-13-16-19-26-27(38-24(5)34)29(28(35)39-26,30-21(2)31)20-36-22(3)32/h13,15-16,18,25-27H,6-12,14,17,19-20H2,1-5H3,(H,30,31)/b16-13+,18-15+/t25-,26-,27+,29+/m1/s1. The number of hydrogen-bond acceptors (Lipinski definition) is 9. The highest BCUT2D eigenvalue weighted by Crippen LogP contribution is 2.32. The van der Waals surface area contributed by atoms with Crippen LogP contribution in [0.5, 0.6) is 0 Å². The van der Waals surface area contributed by atoms with Crippen LogP contribution in [0.2, 0.25) is 0 Å². The summed E-state index contributed by atoms with van der Waals surface area (Å²) >= 11 is 0. The van der Waals surface area contributed by atoms with Gasteiger partial charge in [0.25, 0.3) is 0 Å². The third-order valence-corrected chi connectivity index (χ3v) is 6.18. The van der Waals surface area contributed by atoms with Gasteiger partial charge in [0.05, 0.1) is 0 Å². The van der Waals surface area contributed by atoms with Gasteiger partial charge in [0.1, 0.15) is 18.8 Å². The van der Waals surface area contributed by atoms with Gasteiger partial charge >= 0.3 is 23.9 Å². The molecule has 39 heavy (non-hydrogen) atoms.